The summed E-state index contributed by atoms with van der Waals surface area (Å²) in [6, 6.07) is 15.0. The van der Waals surface area contributed by atoms with E-state index in [1.165, 1.54) is 17.3 Å². The number of hydrogen-bond acceptors (Lipinski definition) is 3. The van der Waals surface area contributed by atoms with Crippen molar-refractivity contribution < 1.29 is 9.59 Å². The molecule has 6 heteroatoms. The van der Waals surface area contributed by atoms with Gasteiger partial charge in [-0.3, -0.25) is 9.59 Å². The maximum Gasteiger partial charge on any atom is 0.243 e. The summed E-state index contributed by atoms with van der Waals surface area (Å²) in [5.41, 5.74) is 2.13. The van der Waals surface area contributed by atoms with Crippen LogP contribution in [0.3, 0.4) is 0 Å². The average Bonchev–Trinajstić information content (AvgIpc) is 2.68. The molecule has 0 spiro atoms. The third-order valence-electron chi connectivity index (χ3n) is 4.47. The van der Waals surface area contributed by atoms with Gasteiger partial charge in [0.2, 0.25) is 11.8 Å². The van der Waals surface area contributed by atoms with Crippen LogP contribution in [0.25, 0.3) is 0 Å². The molecule has 29 heavy (non-hydrogen) atoms. The molecule has 0 aromatic heterocycles. The highest BCUT2D eigenvalue weighted by atomic mass is 35.5. The maximum atomic E-state index is 13.1. The zero-order valence-electron chi connectivity index (χ0n) is 17.4. The van der Waals surface area contributed by atoms with Crippen LogP contribution in [0.5, 0.6) is 0 Å². The van der Waals surface area contributed by atoms with E-state index >= 15 is 0 Å². The van der Waals surface area contributed by atoms with E-state index < -0.39 is 6.04 Å². The van der Waals surface area contributed by atoms with Gasteiger partial charge < -0.3 is 10.2 Å². The third kappa shape index (κ3) is 7.41. The lowest BCUT2D eigenvalue weighted by Gasteiger charge is -2.31. The van der Waals surface area contributed by atoms with Crippen molar-refractivity contribution in [2.24, 2.45) is 0 Å². The van der Waals surface area contributed by atoms with Crippen molar-refractivity contribution in [1.29, 1.82) is 0 Å². The number of nitrogens with one attached hydrogen (secondary N) is 1. The van der Waals surface area contributed by atoms with Gasteiger partial charge in [0.05, 0.1) is 5.75 Å². The molecule has 2 aromatic carbocycles. The summed E-state index contributed by atoms with van der Waals surface area (Å²) in [7, 11) is 0. The Bertz CT molecular complexity index is 807. The summed E-state index contributed by atoms with van der Waals surface area (Å²) in [5, 5.41) is 3.59. The molecule has 0 heterocycles. The molecule has 0 saturated carbocycles. The predicted octanol–water partition coefficient (Wildman–Crippen LogP) is 5.07. The lowest BCUT2D eigenvalue weighted by Crippen LogP contribution is -2.50. The fraction of sp³-hybridized carbons (Fsp3) is 0.391. The van der Waals surface area contributed by atoms with E-state index in [1.54, 1.807) is 17.0 Å². The summed E-state index contributed by atoms with van der Waals surface area (Å²) in [6.45, 7) is 8.17. The number of carbonyl (C=O) groups is 2. The Morgan fingerprint density at radius 3 is 2.24 bits per heavy atom. The molecular formula is C23H29ClN2O2S. The molecule has 0 aliphatic heterocycles. The number of nitrogens with zero attached hydrogens (tertiary/aromatic N) is 1. The van der Waals surface area contributed by atoms with Crippen LogP contribution >= 0.6 is 23.4 Å². The van der Waals surface area contributed by atoms with Crippen LogP contribution in [0, 0.1) is 6.92 Å². The van der Waals surface area contributed by atoms with Gasteiger partial charge in [-0.1, -0.05) is 48.4 Å². The van der Waals surface area contributed by atoms with Gasteiger partial charge in [-0.2, -0.15) is 0 Å². The van der Waals surface area contributed by atoms with Crippen molar-refractivity contribution in [3.63, 3.8) is 0 Å². The minimum atomic E-state index is -0.515. The number of benzene rings is 2. The summed E-state index contributed by atoms with van der Waals surface area (Å²) >= 11 is 7.48. The molecule has 0 aliphatic rings. The molecule has 0 bridgehead atoms. The van der Waals surface area contributed by atoms with E-state index in [-0.39, 0.29) is 23.6 Å². The van der Waals surface area contributed by atoms with Gasteiger partial charge in [0.25, 0.3) is 0 Å². The van der Waals surface area contributed by atoms with Crippen molar-refractivity contribution in [2.45, 2.75) is 57.6 Å². The van der Waals surface area contributed by atoms with Gasteiger partial charge >= 0.3 is 0 Å². The zero-order valence-corrected chi connectivity index (χ0v) is 19.0. The van der Waals surface area contributed by atoms with Crippen LogP contribution < -0.4 is 5.32 Å². The fourth-order valence-corrected chi connectivity index (χ4v) is 3.86. The van der Waals surface area contributed by atoms with Crippen LogP contribution in [0.4, 0.5) is 0 Å². The molecule has 0 fully saturated rings. The lowest BCUT2D eigenvalue weighted by atomic mass is 10.1. The van der Waals surface area contributed by atoms with E-state index in [2.05, 4.69) is 5.32 Å². The summed E-state index contributed by atoms with van der Waals surface area (Å²) in [4.78, 5) is 28.6. The van der Waals surface area contributed by atoms with Crippen LogP contribution in [0.1, 0.15) is 38.3 Å². The van der Waals surface area contributed by atoms with E-state index in [4.69, 9.17) is 11.6 Å². The first-order valence-electron chi connectivity index (χ1n) is 9.84. The average molecular weight is 433 g/mol. The smallest absolute Gasteiger partial charge is 0.243 e. The molecule has 0 aliphatic carbocycles. The summed E-state index contributed by atoms with van der Waals surface area (Å²) in [5.74, 6) is 0.101. The Kier molecular flexibility index (Phi) is 9.05. The standard InChI is InChI=1S/C23H29ClN2O2S/c1-5-21(23(28)25-16(2)3)26(14-18-8-10-19(24)11-9-18)22(27)15-29-20-12-6-17(4)7-13-20/h6-13,16,21H,5,14-15H2,1-4H3,(H,25,28)/t21-/m1/s1. The van der Waals surface area contributed by atoms with Crippen molar-refractivity contribution in [1.82, 2.24) is 10.2 Å². The monoisotopic (exact) mass is 432 g/mol. The first-order chi connectivity index (χ1) is 13.8. The van der Waals surface area contributed by atoms with Gasteiger partial charge in [0.1, 0.15) is 6.04 Å². The molecule has 0 saturated heterocycles. The minimum absolute atomic E-state index is 0.0194. The van der Waals surface area contributed by atoms with Crippen LogP contribution in [-0.2, 0) is 16.1 Å². The van der Waals surface area contributed by atoms with Crippen molar-refractivity contribution in [3.8, 4) is 0 Å². The highest BCUT2D eigenvalue weighted by Crippen LogP contribution is 2.21. The lowest BCUT2D eigenvalue weighted by molar-refractivity contribution is -0.139. The molecule has 2 aromatic rings. The van der Waals surface area contributed by atoms with E-state index in [0.717, 1.165) is 10.5 Å². The van der Waals surface area contributed by atoms with Crippen molar-refractivity contribution in [3.05, 3.63) is 64.7 Å². The second-order valence-electron chi connectivity index (χ2n) is 7.34. The van der Waals surface area contributed by atoms with Gasteiger partial charge in [-0.05, 0) is 57.0 Å². The molecule has 0 unspecified atom stereocenters. The largest absolute Gasteiger partial charge is 0.352 e. The molecule has 156 valence electrons. The Morgan fingerprint density at radius 1 is 1.07 bits per heavy atom. The predicted molar refractivity (Wildman–Crippen MR) is 121 cm³/mol. The molecule has 0 radical (unpaired) electrons. The quantitative estimate of drug-likeness (QED) is 0.562. The summed E-state index contributed by atoms with van der Waals surface area (Å²) in [6.07, 6.45) is 0.549. The third-order valence-corrected chi connectivity index (χ3v) is 5.72. The Hall–Kier alpha value is -1.98. The molecule has 4 nitrogen and oxygen atoms in total. The number of amides is 2. The van der Waals surface area contributed by atoms with E-state index in [1.807, 2.05) is 64.1 Å². The molecule has 1 N–H and O–H groups in total. The van der Waals surface area contributed by atoms with Crippen molar-refractivity contribution >= 4 is 35.2 Å². The molecule has 1 atom stereocenters. The van der Waals surface area contributed by atoms with Gasteiger partial charge in [0, 0.05) is 22.5 Å². The number of rotatable bonds is 9. The second-order valence-corrected chi connectivity index (χ2v) is 8.82. The topological polar surface area (TPSA) is 49.4 Å². The number of aryl methyl sites for hydroxylation is 1. The normalized spacial score (nSPS) is 11.9. The zero-order chi connectivity index (χ0) is 21.4. The van der Waals surface area contributed by atoms with E-state index in [9.17, 15) is 9.59 Å². The number of halogens is 1. The Balaban J connectivity index is 2.18. The van der Waals surface area contributed by atoms with E-state index in [0.29, 0.717) is 18.0 Å². The van der Waals surface area contributed by atoms with Gasteiger partial charge in [-0.15, -0.1) is 11.8 Å². The fourth-order valence-electron chi connectivity index (χ4n) is 2.95. The van der Waals surface area contributed by atoms with Crippen LogP contribution in [0.2, 0.25) is 5.02 Å². The Labute approximate surface area is 183 Å². The Morgan fingerprint density at radius 2 is 1.69 bits per heavy atom. The first kappa shape index (κ1) is 23.3. The number of thioether (sulfide) groups is 1. The molecular weight excluding hydrogens is 404 g/mol. The maximum absolute atomic E-state index is 13.1. The summed E-state index contributed by atoms with van der Waals surface area (Å²) < 4.78 is 0. The number of hydrogen-bond donors (Lipinski definition) is 1. The molecule has 2 amide bonds. The van der Waals surface area contributed by atoms with Crippen LogP contribution in [-0.4, -0.2) is 34.6 Å². The minimum Gasteiger partial charge on any atom is -0.352 e. The van der Waals surface area contributed by atoms with Gasteiger partial charge in [0.15, 0.2) is 0 Å². The first-order valence-corrected chi connectivity index (χ1v) is 11.2. The van der Waals surface area contributed by atoms with Gasteiger partial charge in [-0.25, -0.2) is 0 Å². The SMILES string of the molecule is CC[C@H](C(=O)NC(C)C)N(Cc1ccc(Cl)cc1)C(=O)CSc1ccc(C)cc1. The molecule has 2 rings (SSSR count). The van der Waals surface area contributed by atoms with Crippen molar-refractivity contribution in [2.75, 3.05) is 5.75 Å². The number of carbonyl (C=O) groups excluding carboxylic acids is 2. The highest BCUT2D eigenvalue weighted by molar-refractivity contribution is 8.00. The highest BCUT2D eigenvalue weighted by Gasteiger charge is 2.28. The van der Waals surface area contributed by atoms with Crippen LogP contribution in [0.15, 0.2) is 53.4 Å². The second kappa shape index (κ2) is 11.3.